The summed E-state index contributed by atoms with van der Waals surface area (Å²) in [6.45, 7) is 1.73. The Balaban J connectivity index is 2.50. The van der Waals surface area contributed by atoms with E-state index in [1.54, 1.807) is 49.4 Å². The molecule has 4 nitrogen and oxygen atoms in total. The molecule has 0 aromatic heterocycles. The molecule has 0 heterocycles. The van der Waals surface area contributed by atoms with Gasteiger partial charge in [0.1, 0.15) is 12.1 Å². The molecule has 110 valence electrons. The number of ether oxygens (including phenoxy) is 1. The van der Waals surface area contributed by atoms with E-state index in [2.05, 4.69) is 0 Å². The van der Waals surface area contributed by atoms with Crippen LogP contribution >= 0.6 is 23.2 Å². The van der Waals surface area contributed by atoms with E-state index in [0.29, 0.717) is 5.56 Å². The van der Waals surface area contributed by atoms with Crippen LogP contribution in [0.4, 0.5) is 0 Å². The summed E-state index contributed by atoms with van der Waals surface area (Å²) in [6.07, 6.45) is 0.254. The molecular weight excluding hydrogens is 311 g/mol. The second kappa shape index (κ2) is 7.31. The van der Waals surface area contributed by atoms with Gasteiger partial charge in [0.05, 0.1) is 12.2 Å². The summed E-state index contributed by atoms with van der Waals surface area (Å²) in [5, 5.41) is 17.7. The highest BCUT2D eigenvalue weighted by Crippen LogP contribution is 2.33. The number of hydrogen-bond acceptors (Lipinski definition) is 4. The van der Waals surface area contributed by atoms with Gasteiger partial charge in [-0.25, -0.2) is 4.79 Å². The molecule has 0 aliphatic heterocycles. The van der Waals surface area contributed by atoms with Crippen molar-refractivity contribution in [3.8, 4) is 12.1 Å². The van der Waals surface area contributed by atoms with Gasteiger partial charge in [-0.1, -0.05) is 29.8 Å². The van der Waals surface area contributed by atoms with Gasteiger partial charge in [-0.05, 0) is 19.1 Å². The summed E-state index contributed by atoms with van der Waals surface area (Å²) in [6, 6.07) is 12.0. The van der Waals surface area contributed by atoms with E-state index in [4.69, 9.17) is 38.5 Å². The molecule has 1 atom stereocenters. The number of hydrogen-bond donors (Lipinski definition) is 0. The summed E-state index contributed by atoms with van der Waals surface area (Å²) in [7, 11) is 0. The third-order valence-electron chi connectivity index (χ3n) is 2.83. The number of nitriles is 2. The molecule has 1 aromatic rings. The fourth-order valence-electron chi connectivity index (χ4n) is 1.71. The molecule has 0 spiro atoms. The minimum atomic E-state index is -1.67. The van der Waals surface area contributed by atoms with Crippen molar-refractivity contribution in [3.05, 3.63) is 35.9 Å². The van der Waals surface area contributed by atoms with Crippen LogP contribution in [0.25, 0.3) is 0 Å². The first kappa shape index (κ1) is 17.3. The van der Waals surface area contributed by atoms with Crippen LogP contribution in [0.15, 0.2) is 30.3 Å². The molecular formula is C15H14Cl2N2O2. The minimum Gasteiger partial charge on any atom is -0.462 e. The molecule has 0 saturated carbocycles. The number of alkyl halides is 2. The predicted molar refractivity (Wildman–Crippen MR) is 80.0 cm³/mol. The molecule has 1 rings (SSSR count). The maximum absolute atomic E-state index is 11.7. The quantitative estimate of drug-likeness (QED) is 0.591. The Morgan fingerprint density at radius 1 is 1.24 bits per heavy atom. The summed E-state index contributed by atoms with van der Waals surface area (Å²) >= 11 is 12.0. The first-order valence-electron chi connectivity index (χ1n) is 6.24. The van der Waals surface area contributed by atoms with Crippen molar-refractivity contribution in [1.82, 2.24) is 0 Å². The predicted octanol–water partition coefficient (Wildman–Crippen LogP) is 3.65. The lowest BCUT2D eigenvalue weighted by atomic mass is 9.94. The van der Waals surface area contributed by atoms with Gasteiger partial charge in [0, 0.05) is 17.7 Å². The van der Waals surface area contributed by atoms with Gasteiger partial charge in [0.2, 0.25) is 4.87 Å². The lowest BCUT2D eigenvalue weighted by molar-refractivity contribution is 0.0489. The van der Waals surface area contributed by atoms with Crippen LogP contribution < -0.4 is 0 Å². The molecule has 0 bridgehead atoms. The zero-order valence-corrected chi connectivity index (χ0v) is 13.0. The number of nitrogens with zero attached hydrogens (tertiary/aromatic N) is 2. The van der Waals surface area contributed by atoms with Gasteiger partial charge < -0.3 is 4.74 Å². The van der Waals surface area contributed by atoms with Crippen molar-refractivity contribution in [2.45, 2.75) is 29.5 Å². The van der Waals surface area contributed by atoms with Gasteiger partial charge in [-0.3, -0.25) is 0 Å². The number of rotatable bonds is 6. The summed E-state index contributed by atoms with van der Waals surface area (Å²) < 4.78 is 5.11. The van der Waals surface area contributed by atoms with E-state index in [1.165, 1.54) is 0 Å². The molecule has 0 fully saturated rings. The molecule has 0 amide bonds. The molecule has 0 N–H and O–H groups in total. The second-order valence-electron chi connectivity index (χ2n) is 4.87. The van der Waals surface area contributed by atoms with Crippen LogP contribution in [-0.4, -0.2) is 22.3 Å². The van der Waals surface area contributed by atoms with E-state index < -0.39 is 15.7 Å². The maximum atomic E-state index is 11.7. The van der Waals surface area contributed by atoms with Crippen LogP contribution in [-0.2, 0) is 4.74 Å². The average Bonchev–Trinajstić information content (AvgIpc) is 2.47. The summed E-state index contributed by atoms with van der Waals surface area (Å²) in [4.78, 5) is 9.15. The third kappa shape index (κ3) is 5.63. The average molecular weight is 325 g/mol. The Bertz CT molecular complexity index is 560. The van der Waals surface area contributed by atoms with Crippen molar-refractivity contribution >= 4 is 29.2 Å². The highest BCUT2D eigenvalue weighted by molar-refractivity contribution is 6.29. The fourth-order valence-corrected chi connectivity index (χ4v) is 2.36. The first-order valence-corrected chi connectivity index (χ1v) is 7.00. The highest BCUT2D eigenvalue weighted by Gasteiger charge is 2.36. The van der Waals surface area contributed by atoms with E-state index in [-0.39, 0.29) is 19.4 Å². The molecule has 0 saturated heterocycles. The minimum absolute atomic E-state index is 0.0288. The first-order chi connectivity index (χ1) is 9.82. The lowest BCUT2D eigenvalue weighted by Crippen LogP contribution is -2.31. The van der Waals surface area contributed by atoms with Crippen LogP contribution in [0.5, 0.6) is 0 Å². The van der Waals surface area contributed by atoms with Crippen LogP contribution in [0.1, 0.15) is 30.1 Å². The Kier molecular flexibility index (Phi) is 6.03. The molecule has 21 heavy (non-hydrogen) atoms. The molecule has 0 aliphatic rings. The highest BCUT2D eigenvalue weighted by atomic mass is 35.5. The van der Waals surface area contributed by atoms with E-state index in [9.17, 15) is 4.79 Å². The van der Waals surface area contributed by atoms with E-state index in [1.807, 2.05) is 0 Å². The van der Waals surface area contributed by atoms with Gasteiger partial charge in [0.25, 0.3) is 0 Å². The van der Waals surface area contributed by atoms with Crippen molar-refractivity contribution in [2.75, 3.05) is 6.61 Å². The molecule has 1 unspecified atom stereocenters. The Morgan fingerprint density at radius 2 is 1.81 bits per heavy atom. The van der Waals surface area contributed by atoms with Crippen LogP contribution in [0, 0.1) is 22.7 Å². The normalized spacial score (nSPS) is 13.6. The number of carbonyl (C=O) groups is 1. The summed E-state index contributed by atoms with van der Waals surface area (Å²) in [5.41, 5.74) is 0.453. The van der Waals surface area contributed by atoms with Crippen LogP contribution in [0.2, 0.25) is 0 Å². The SMILES string of the molecule is CC(Cl)(CCOC(=O)c1ccccc1)CC(Cl)(C#N)C#N. The van der Waals surface area contributed by atoms with Gasteiger partial charge in [-0.15, -0.1) is 11.6 Å². The van der Waals surface area contributed by atoms with E-state index in [0.717, 1.165) is 0 Å². The van der Waals surface area contributed by atoms with Crippen molar-refractivity contribution in [1.29, 1.82) is 10.5 Å². The fraction of sp³-hybridized carbons (Fsp3) is 0.400. The Morgan fingerprint density at radius 3 is 2.33 bits per heavy atom. The monoisotopic (exact) mass is 324 g/mol. The summed E-state index contributed by atoms with van der Waals surface area (Å²) in [5.74, 6) is -0.444. The van der Waals surface area contributed by atoms with Gasteiger partial charge in [-0.2, -0.15) is 10.5 Å². The van der Waals surface area contributed by atoms with Crippen molar-refractivity contribution < 1.29 is 9.53 Å². The number of benzene rings is 1. The standard InChI is InChI=1S/C15H14Cl2N2O2/c1-14(16,9-15(17,10-18)11-19)7-8-21-13(20)12-5-3-2-4-6-12/h2-6H,7-9H2,1H3. The topological polar surface area (TPSA) is 73.9 Å². The zero-order valence-electron chi connectivity index (χ0n) is 11.5. The number of halogens is 2. The van der Waals surface area contributed by atoms with E-state index >= 15 is 0 Å². The molecule has 1 aromatic carbocycles. The smallest absolute Gasteiger partial charge is 0.338 e. The van der Waals surface area contributed by atoms with Gasteiger partial charge in [0.15, 0.2) is 0 Å². The number of esters is 1. The maximum Gasteiger partial charge on any atom is 0.338 e. The molecule has 0 radical (unpaired) electrons. The van der Waals surface area contributed by atoms with Crippen molar-refractivity contribution in [2.24, 2.45) is 0 Å². The van der Waals surface area contributed by atoms with Gasteiger partial charge >= 0.3 is 5.97 Å². The Labute approximate surface area is 133 Å². The lowest BCUT2D eigenvalue weighted by Gasteiger charge is -2.25. The largest absolute Gasteiger partial charge is 0.462 e. The molecule has 0 aliphatic carbocycles. The zero-order chi connectivity index (χ0) is 15.9. The third-order valence-corrected chi connectivity index (χ3v) is 3.46. The second-order valence-corrected chi connectivity index (χ2v) is 6.42. The molecule has 6 heteroatoms. The Hall–Kier alpha value is -1.75. The van der Waals surface area contributed by atoms with Crippen LogP contribution in [0.3, 0.4) is 0 Å². The van der Waals surface area contributed by atoms with Crippen molar-refractivity contribution in [3.63, 3.8) is 0 Å². The number of carbonyl (C=O) groups excluding carboxylic acids is 1.